The van der Waals surface area contributed by atoms with E-state index in [1.807, 2.05) is 24.5 Å². The maximum Gasteiger partial charge on any atom is 0.0519 e. The molecule has 2 aromatic heterocycles. The summed E-state index contributed by atoms with van der Waals surface area (Å²) in [6.45, 7) is 0.906. The molecule has 0 spiro atoms. The number of hydrogen-bond donors (Lipinski definition) is 2. The number of nitrogens with zero attached hydrogens (tertiary/aromatic N) is 2. The van der Waals surface area contributed by atoms with Crippen molar-refractivity contribution in [1.82, 2.24) is 15.2 Å². The third kappa shape index (κ3) is 2.32. The summed E-state index contributed by atoms with van der Waals surface area (Å²) in [7, 11) is 0. The van der Waals surface area contributed by atoms with Gasteiger partial charge in [-0.25, -0.2) is 0 Å². The monoisotopic (exact) mass is 188 g/mol. The van der Waals surface area contributed by atoms with Gasteiger partial charge < -0.3 is 5.32 Å². The molecule has 0 aliphatic rings. The minimum absolute atomic E-state index is 0.906. The Morgan fingerprint density at radius 2 is 2.14 bits per heavy atom. The lowest BCUT2D eigenvalue weighted by molar-refractivity contribution is 1.02. The Morgan fingerprint density at radius 1 is 1.29 bits per heavy atom. The number of H-pyrrole nitrogens is 1. The molecule has 0 amide bonds. The Balaban J connectivity index is 1.79. The summed E-state index contributed by atoms with van der Waals surface area (Å²) >= 11 is 0. The van der Waals surface area contributed by atoms with E-state index in [4.69, 9.17) is 0 Å². The highest BCUT2D eigenvalue weighted by atomic mass is 15.1. The van der Waals surface area contributed by atoms with Crippen molar-refractivity contribution in [3.8, 4) is 0 Å². The second kappa shape index (κ2) is 4.41. The van der Waals surface area contributed by atoms with E-state index in [0.717, 1.165) is 18.7 Å². The molecule has 0 aromatic carbocycles. The molecule has 0 fully saturated rings. The van der Waals surface area contributed by atoms with E-state index < -0.39 is 0 Å². The Kier molecular flexibility index (Phi) is 2.76. The third-order valence-corrected chi connectivity index (χ3v) is 1.98. The van der Waals surface area contributed by atoms with Crippen LogP contribution in [0.5, 0.6) is 0 Å². The van der Waals surface area contributed by atoms with Gasteiger partial charge in [0.2, 0.25) is 0 Å². The van der Waals surface area contributed by atoms with Crippen LogP contribution in [-0.2, 0) is 6.42 Å². The molecule has 0 atom stereocenters. The second-order valence-electron chi connectivity index (χ2n) is 3.02. The average Bonchev–Trinajstić information content (AvgIpc) is 2.72. The van der Waals surface area contributed by atoms with Gasteiger partial charge in [0, 0.05) is 30.8 Å². The molecular weight excluding hydrogens is 176 g/mol. The number of nitrogens with one attached hydrogen (secondary N) is 2. The highest BCUT2D eigenvalue weighted by Crippen LogP contribution is 2.03. The first-order valence-corrected chi connectivity index (χ1v) is 4.57. The summed E-state index contributed by atoms with van der Waals surface area (Å²) in [5, 5.41) is 9.98. The molecule has 0 radical (unpaired) electrons. The maximum absolute atomic E-state index is 3.95. The van der Waals surface area contributed by atoms with Gasteiger partial charge in [-0.3, -0.25) is 10.1 Å². The minimum Gasteiger partial charge on any atom is -0.385 e. The zero-order valence-corrected chi connectivity index (χ0v) is 7.77. The van der Waals surface area contributed by atoms with Crippen LogP contribution in [0.1, 0.15) is 5.56 Å². The van der Waals surface area contributed by atoms with Crippen LogP contribution in [0.2, 0.25) is 0 Å². The van der Waals surface area contributed by atoms with Crippen molar-refractivity contribution < 1.29 is 0 Å². The predicted octanol–water partition coefficient (Wildman–Crippen LogP) is 1.46. The van der Waals surface area contributed by atoms with Crippen LogP contribution in [0.3, 0.4) is 0 Å². The van der Waals surface area contributed by atoms with E-state index >= 15 is 0 Å². The van der Waals surface area contributed by atoms with Gasteiger partial charge in [-0.15, -0.1) is 0 Å². The van der Waals surface area contributed by atoms with Gasteiger partial charge in [-0.1, -0.05) is 0 Å². The van der Waals surface area contributed by atoms with Crippen molar-refractivity contribution in [2.24, 2.45) is 0 Å². The van der Waals surface area contributed by atoms with Crippen LogP contribution >= 0.6 is 0 Å². The fraction of sp³-hybridized carbons (Fsp3) is 0.200. The van der Waals surface area contributed by atoms with Crippen LogP contribution < -0.4 is 5.32 Å². The standard InChI is InChI=1S/C10H12N4/c1(9-7-13-14-8-9)6-12-10-2-4-11-5-3-10/h2-5,7-8H,1,6H2,(H,11,12)(H,13,14). The third-order valence-electron chi connectivity index (χ3n) is 1.98. The van der Waals surface area contributed by atoms with Gasteiger partial charge in [0.25, 0.3) is 0 Å². The quantitative estimate of drug-likeness (QED) is 0.763. The summed E-state index contributed by atoms with van der Waals surface area (Å²) < 4.78 is 0. The van der Waals surface area contributed by atoms with E-state index in [1.54, 1.807) is 12.4 Å². The minimum atomic E-state index is 0.906. The van der Waals surface area contributed by atoms with E-state index in [1.165, 1.54) is 5.56 Å². The van der Waals surface area contributed by atoms with Crippen molar-refractivity contribution in [2.75, 3.05) is 11.9 Å². The first-order valence-electron chi connectivity index (χ1n) is 4.57. The van der Waals surface area contributed by atoms with Crippen molar-refractivity contribution in [2.45, 2.75) is 6.42 Å². The Hall–Kier alpha value is -1.84. The Morgan fingerprint density at radius 3 is 2.86 bits per heavy atom. The summed E-state index contributed by atoms with van der Waals surface area (Å²) in [6, 6.07) is 3.91. The molecular formula is C10H12N4. The lowest BCUT2D eigenvalue weighted by Crippen LogP contribution is -2.03. The fourth-order valence-electron chi connectivity index (χ4n) is 1.24. The normalized spacial score (nSPS) is 10.0. The molecule has 2 aromatic rings. The summed E-state index contributed by atoms with van der Waals surface area (Å²) in [5.41, 5.74) is 2.31. The zero-order chi connectivity index (χ0) is 9.64. The summed E-state index contributed by atoms with van der Waals surface area (Å²) in [6.07, 6.45) is 8.28. The Labute approximate surface area is 82.4 Å². The molecule has 0 saturated heterocycles. The van der Waals surface area contributed by atoms with E-state index in [0.29, 0.717) is 0 Å². The highest BCUT2D eigenvalue weighted by molar-refractivity contribution is 5.40. The number of rotatable bonds is 4. The van der Waals surface area contributed by atoms with E-state index in [2.05, 4.69) is 20.5 Å². The van der Waals surface area contributed by atoms with Crippen LogP contribution in [0, 0.1) is 0 Å². The smallest absolute Gasteiger partial charge is 0.0519 e. The van der Waals surface area contributed by atoms with Crippen molar-refractivity contribution in [3.63, 3.8) is 0 Å². The molecule has 2 rings (SSSR count). The summed E-state index contributed by atoms with van der Waals surface area (Å²) in [4.78, 5) is 3.95. The molecule has 0 saturated carbocycles. The van der Waals surface area contributed by atoms with E-state index in [9.17, 15) is 0 Å². The van der Waals surface area contributed by atoms with Crippen LogP contribution in [-0.4, -0.2) is 21.7 Å². The lowest BCUT2D eigenvalue weighted by Gasteiger charge is -2.03. The number of pyridine rings is 1. The number of hydrogen-bond acceptors (Lipinski definition) is 3. The molecule has 2 N–H and O–H groups in total. The average molecular weight is 188 g/mol. The maximum atomic E-state index is 3.95. The first kappa shape index (κ1) is 8.74. The molecule has 4 nitrogen and oxygen atoms in total. The van der Waals surface area contributed by atoms with Gasteiger partial charge in [0.1, 0.15) is 0 Å². The highest BCUT2D eigenvalue weighted by Gasteiger charge is 1.93. The van der Waals surface area contributed by atoms with Gasteiger partial charge >= 0.3 is 0 Å². The molecule has 0 bridgehead atoms. The molecule has 14 heavy (non-hydrogen) atoms. The van der Waals surface area contributed by atoms with Gasteiger partial charge in [-0.2, -0.15) is 5.10 Å². The molecule has 72 valence electrons. The van der Waals surface area contributed by atoms with Crippen molar-refractivity contribution in [1.29, 1.82) is 0 Å². The lowest BCUT2D eigenvalue weighted by atomic mass is 10.2. The molecule has 0 aliphatic carbocycles. The van der Waals surface area contributed by atoms with Gasteiger partial charge in [-0.05, 0) is 24.1 Å². The SMILES string of the molecule is c1cc(NCCc2cn[nH]c2)ccn1. The van der Waals surface area contributed by atoms with Crippen molar-refractivity contribution >= 4 is 5.69 Å². The first-order chi connectivity index (χ1) is 6.95. The fourth-order valence-corrected chi connectivity index (χ4v) is 1.24. The van der Waals surface area contributed by atoms with E-state index in [-0.39, 0.29) is 0 Å². The number of aromatic nitrogens is 3. The molecule has 4 heteroatoms. The zero-order valence-electron chi connectivity index (χ0n) is 7.77. The van der Waals surface area contributed by atoms with Crippen LogP contribution in [0.15, 0.2) is 36.9 Å². The van der Waals surface area contributed by atoms with Crippen LogP contribution in [0.4, 0.5) is 5.69 Å². The molecule has 0 aliphatic heterocycles. The molecule has 2 heterocycles. The topological polar surface area (TPSA) is 53.6 Å². The van der Waals surface area contributed by atoms with Gasteiger partial charge in [0.05, 0.1) is 6.20 Å². The summed E-state index contributed by atoms with van der Waals surface area (Å²) in [5.74, 6) is 0. The van der Waals surface area contributed by atoms with Crippen LogP contribution in [0.25, 0.3) is 0 Å². The number of aromatic amines is 1. The van der Waals surface area contributed by atoms with Crippen molar-refractivity contribution in [3.05, 3.63) is 42.5 Å². The number of anilines is 1. The predicted molar refractivity (Wildman–Crippen MR) is 55.0 cm³/mol. The second-order valence-corrected chi connectivity index (χ2v) is 3.02. The largest absolute Gasteiger partial charge is 0.385 e. The molecule has 0 unspecified atom stereocenters. The Bertz CT molecular complexity index is 355. The van der Waals surface area contributed by atoms with Gasteiger partial charge in [0.15, 0.2) is 0 Å².